The van der Waals surface area contributed by atoms with E-state index in [1.807, 2.05) is 12.1 Å². The smallest absolute Gasteiger partial charge is 0.338 e. The lowest BCUT2D eigenvalue weighted by Crippen LogP contribution is -2.35. The van der Waals surface area contributed by atoms with Crippen LogP contribution < -0.4 is 0 Å². The Labute approximate surface area is 220 Å². The second-order valence-electron chi connectivity index (χ2n) is 8.07. The van der Waals surface area contributed by atoms with Gasteiger partial charge in [-0.1, -0.05) is 54.6 Å². The summed E-state index contributed by atoms with van der Waals surface area (Å²) in [6.07, 6.45) is 0.652. The molecule has 0 aromatic heterocycles. The van der Waals surface area contributed by atoms with Crippen LogP contribution in [0.2, 0.25) is 0 Å². The van der Waals surface area contributed by atoms with E-state index in [9.17, 15) is 14.4 Å². The van der Waals surface area contributed by atoms with Crippen LogP contribution in [-0.4, -0.2) is 59.5 Å². The van der Waals surface area contributed by atoms with E-state index in [0.717, 1.165) is 6.92 Å². The van der Waals surface area contributed by atoms with Crippen LogP contribution in [0.4, 0.5) is 0 Å². The third-order valence-corrected chi connectivity index (χ3v) is 5.03. The molecule has 1 aliphatic rings. The van der Waals surface area contributed by atoms with Gasteiger partial charge in [0.2, 0.25) is 0 Å². The van der Waals surface area contributed by atoms with E-state index in [-0.39, 0.29) is 30.8 Å². The summed E-state index contributed by atoms with van der Waals surface area (Å²) in [7, 11) is 0. The molecule has 0 radical (unpaired) electrons. The Hall–Kier alpha value is -4.50. The van der Waals surface area contributed by atoms with Crippen LogP contribution in [0.1, 0.15) is 50.8 Å². The third kappa shape index (κ3) is 11.5. The Balaban J connectivity index is 0.000000322. The van der Waals surface area contributed by atoms with Crippen molar-refractivity contribution in [3.05, 3.63) is 108 Å². The van der Waals surface area contributed by atoms with Gasteiger partial charge in [-0.25, -0.2) is 14.4 Å². The van der Waals surface area contributed by atoms with Crippen molar-refractivity contribution >= 4 is 23.9 Å². The van der Waals surface area contributed by atoms with Gasteiger partial charge in [0, 0.05) is 19.8 Å². The van der Waals surface area contributed by atoms with Gasteiger partial charge in [-0.3, -0.25) is 4.79 Å². The number of carbonyl (C=O) groups excluding carboxylic acids is 2. The van der Waals surface area contributed by atoms with E-state index in [0.29, 0.717) is 36.1 Å². The summed E-state index contributed by atoms with van der Waals surface area (Å²) < 4.78 is 16.5. The number of ether oxygens (including phenoxy) is 3. The van der Waals surface area contributed by atoms with E-state index < -0.39 is 11.9 Å². The van der Waals surface area contributed by atoms with Crippen molar-refractivity contribution < 1.29 is 43.6 Å². The highest BCUT2D eigenvalue weighted by Gasteiger charge is 2.27. The van der Waals surface area contributed by atoms with Gasteiger partial charge in [0.25, 0.3) is 5.97 Å². The summed E-state index contributed by atoms with van der Waals surface area (Å²) in [5.41, 5.74) is 1.36. The zero-order chi connectivity index (χ0) is 27.8. The van der Waals surface area contributed by atoms with Gasteiger partial charge in [0.15, 0.2) is 0 Å². The first kappa shape index (κ1) is 29.7. The third-order valence-electron chi connectivity index (χ3n) is 5.03. The average molecular weight is 523 g/mol. The Morgan fingerprint density at radius 3 is 1.66 bits per heavy atom. The van der Waals surface area contributed by atoms with Gasteiger partial charge < -0.3 is 24.4 Å². The Morgan fingerprint density at radius 1 is 0.763 bits per heavy atom. The number of carboxylic acid groups (broad SMARTS) is 2. The predicted molar refractivity (Wildman–Crippen MR) is 138 cm³/mol. The van der Waals surface area contributed by atoms with Crippen molar-refractivity contribution in [1.29, 1.82) is 0 Å². The largest absolute Gasteiger partial charge is 0.481 e. The lowest BCUT2D eigenvalue weighted by atomic mass is 10.1. The molecule has 200 valence electrons. The summed E-state index contributed by atoms with van der Waals surface area (Å²) in [5.74, 6) is -2.43. The van der Waals surface area contributed by atoms with E-state index in [1.165, 1.54) is 0 Å². The zero-order valence-electron chi connectivity index (χ0n) is 20.9. The minimum Gasteiger partial charge on any atom is -0.481 e. The number of carbonyl (C=O) groups is 4. The summed E-state index contributed by atoms with van der Waals surface area (Å²) in [6, 6.07) is 26.0. The standard InChI is InChI=1S/C20H20O5.C7H6O2.C2H4O2/c21-19(15-7-3-1-4-8-15)24-14-18-13-17(11-12-23-18)25-20(22)16-9-5-2-6-10-16;8-7(9)6-4-2-1-3-5-6;1-2(3)4/h1-10,17-18H,11-14H2;1-5H,(H,8,9);1H3,(H,3,4). The molecule has 1 heterocycles. The molecular formula is C29H30O9. The number of aromatic carboxylic acids is 1. The first-order chi connectivity index (χ1) is 18.3. The van der Waals surface area contributed by atoms with E-state index in [1.54, 1.807) is 78.9 Å². The molecule has 38 heavy (non-hydrogen) atoms. The number of carboxylic acids is 2. The topological polar surface area (TPSA) is 136 Å². The molecule has 0 aliphatic carbocycles. The number of aliphatic carboxylic acids is 1. The average Bonchev–Trinajstić information content (AvgIpc) is 2.93. The second kappa shape index (κ2) is 16.3. The first-order valence-corrected chi connectivity index (χ1v) is 11.8. The molecule has 0 spiro atoms. The molecule has 1 aliphatic heterocycles. The Morgan fingerprint density at radius 2 is 1.21 bits per heavy atom. The lowest BCUT2D eigenvalue weighted by Gasteiger charge is -2.29. The van der Waals surface area contributed by atoms with Crippen LogP contribution in [0.5, 0.6) is 0 Å². The van der Waals surface area contributed by atoms with Crippen molar-refractivity contribution in [2.24, 2.45) is 0 Å². The highest BCUT2D eigenvalue weighted by Crippen LogP contribution is 2.19. The molecule has 4 rings (SSSR count). The van der Waals surface area contributed by atoms with Gasteiger partial charge in [0.1, 0.15) is 12.7 Å². The fourth-order valence-electron chi connectivity index (χ4n) is 3.27. The number of hydrogen-bond donors (Lipinski definition) is 2. The van der Waals surface area contributed by atoms with Crippen LogP contribution in [0.25, 0.3) is 0 Å². The van der Waals surface area contributed by atoms with Gasteiger partial charge >= 0.3 is 17.9 Å². The number of esters is 2. The molecule has 1 saturated heterocycles. The molecule has 0 amide bonds. The van der Waals surface area contributed by atoms with Crippen molar-refractivity contribution in [1.82, 2.24) is 0 Å². The second-order valence-corrected chi connectivity index (χ2v) is 8.07. The fraction of sp³-hybridized carbons (Fsp3) is 0.241. The van der Waals surface area contributed by atoms with Crippen molar-refractivity contribution in [2.45, 2.75) is 32.0 Å². The van der Waals surface area contributed by atoms with Crippen LogP contribution in [-0.2, 0) is 19.0 Å². The summed E-state index contributed by atoms with van der Waals surface area (Å²) in [5, 5.41) is 15.8. The van der Waals surface area contributed by atoms with Gasteiger partial charge in [-0.15, -0.1) is 0 Å². The molecule has 1 fully saturated rings. The summed E-state index contributed by atoms with van der Waals surface area (Å²) >= 11 is 0. The van der Waals surface area contributed by atoms with E-state index >= 15 is 0 Å². The van der Waals surface area contributed by atoms with Crippen LogP contribution in [0.15, 0.2) is 91.0 Å². The molecule has 2 atom stereocenters. The van der Waals surface area contributed by atoms with Gasteiger partial charge in [-0.05, 0) is 36.4 Å². The molecule has 9 heteroatoms. The Bertz CT molecular complexity index is 1140. The van der Waals surface area contributed by atoms with Crippen molar-refractivity contribution in [3.8, 4) is 0 Å². The van der Waals surface area contributed by atoms with E-state index in [4.69, 9.17) is 29.2 Å². The normalized spacial score (nSPS) is 15.8. The number of hydrogen-bond acceptors (Lipinski definition) is 7. The predicted octanol–water partition coefficient (Wildman–Crippen LogP) is 4.72. The number of benzene rings is 3. The van der Waals surface area contributed by atoms with Crippen LogP contribution >= 0.6 is 0 Å². The first-order valence-electron chi connectivity index (χ1n) is 11.8. The quantitative estimate of drug-likeness (QED) is 0.441. The summed E-state index contributed by atoms with van der Waals surface area (Å²) in [4.78, 5) is 43.3. The lowest BCUT2D eigenvalue weighted by molar-refractivity contribution is -0.134. The maximum atomic E-state index is 12.1. The van der Waals surface area contributed by atoms with E-state index in [2.05, 4.69) is 0 Å². The molecule has 3 aromatic rings. The van der Waals surface area contributed by atoms with Gasteiger partial charge in [0.05, 0.1) is 29.4 Å². The van der Waals surface area contributed by atoms with Gasteiger partial charge in [-0.2, -0.15) is 0 Å². The minimum atomic E-state index is -0.879. The molecule has 2 unspecified atom stereocenters. The zero-order valence-corrected chi connectivity index (χ0v) is 20.9. The summed E-state index contributed by atoms with van der Waals surface area (Å²) in [6.45, 7) is 1.70. The molecule has 0 saturated carbocycles. The molecule has 0 bridgehead atoms. The van der Waals surface area contributed by atoms with Crippen molar-refractivity contribution in [3.63, 3.8) is 0 Å². The molecule has 2 N–H and O–H groups in total. The van der Waals surface area contributed by atoms with Crippen LogP contribution in [0.3, 0.4) is 0 Å². The molecular weight excluding hydrogens is 492 g/mol. The monoisotopic (exact) mass is 522 g/mol. The minimum absolute atomic E-state index is 0.146. The number of rotatable bonds is 6. The van der Waals surface area contributed by atoms with Crippen molar-refractivity contribution in [2.75, 3.05) is 13.2 Å². The highest BCUT2D eigenvalue weighted by molar-refractivity contribution is 5.90. The molecule has 3 aromatic carbocycles. The highest BCUT2D eigenvalue weighted by atomic mass is 16.6. The van der Waals surface area contributed by atoms with Crippen LogP contribution in [0, 0.1) is 0 Å². The maximum Gasteiger partial charge on any atom is 0.338 e. The molecule has 9 nitrogen and oxygen atoms in total. The fourth-order valence-corrected chi connectivity index (χ4v) is 3.27. The maximum absolute atomic E-state index is 12.1. The Kier molecular flexibility index (Phi) is 12.7. The SMILES string of the molecule is CC(=O)O.O=C(O)c1ccccc1.O=C(OCC1CC(OC(=O)c2ccccc2)CCO1)c1ccccc1.